The number of rotatable bonds is 1. The van der Waals surface area contributed by atoms with Gasteiger partial charge in [-0.2, -0.15) is 0 Å². The van der Waals surface area contributed by atoms with Crippen molar-refractivity contribution in [1.29, 1.82) is 0 Å². The van der Waals surface area contributed by atoms with Gasteiger partial charge in [0, 0.05) is 5.56 Å². The molecule has 3 rings (SSSR count). The van der Waals surface area contributed by atoms with E-state index in [1.807, 2.05) is 0 Å². The standard InChI is InChI=1S/C15H15N/c1-2-6-12(7-3-1)15-11-16-10-13-8-4-5-9-14(13)15/h1-9,15-16H,10-11H2/p+1. The molecule has 1 aliphatic heterocycles. The van der Waals surface area contributed by atoms with Crippen molar-refractivity contribution in [2.75, 3.05) is 6.54 Å². The number of quaternary nitrogens is 1. The van der Waals surface area contributed by atoms with Crippen LogP contribution in [0.1, 0.15) is 22.6 Å². The third-order valence-corrected chi connectivity index (χ3v) is 3.40. The van der Waals surface area contributed by atoms with Crippen molar-refractivity contribution in [3.05, 3.63) is 71.3 Å². The molecule has 0 saturated heterocycles. The summed E-state index contributed by atoms with van der Waals surface area (Å²) in [6.45, 7) is 2.29. The zero-order chi connectivity index (χ0) is 10.8. The Balaban J connectivity index is 2.05. The summed E-state index contributed by atoms with van der Waals surface area (Å²) in [7, 11) is 0. The molecule has 0 aromatic heterocycles. The molecule has 0 aliphatic carbocycles. The van der Waals surface area contributed by atoms with E-state index < -0.39 is 0 Å². The van der Waals surface area contributed by atoms with Gasteiger partial charge >= 0.3 is 0 Å². The molecule has 2 N–H and O–H groups in total. The van der Waals surface area contributed by atoms with Gasteiger partial charge in [0.25, 0.3) is 0 Å². The predicted octanol–water partition coefficient (Wildman–Crippen LogP) is 1.90. The average molecular weight is 210 g/mol. The summed E-state index contributed by atoms with van der Waals surface area (Å²) in [4.78, 5) is 0. The minimum Gasteiger partial charge on any atom is -0.342 e. The molecule has 1 unspecified atom stereocenters. The van der Waals surface area contributed by atoms with Crippen molar-refractivity contribution in [2.24, 2.45) is 0 Å². The molecule has 1 atom stereocenters. The topological polar surface area (TPSA) is 16.6 Å². The van der Waals surface area contributed by atoms with Gasteiger partial charge in [0.2, 0.25) is 0 Å². The molecule has 80 valence electrons. The summed E-state index contributed by atoms with van der Waals surface area (Å²) in [6.07, 6.45) is 0. The Morgan fingerprint density at radius 3 is 2.50 bits per heavy atom. The average Bonchev–Trinajstić information content (AvgIpc) is 2.39. The van der Waals surface area contributed by atoms with Crippen LogP contribution in [0.25, 0.3) is 0 Å². The number of nitrogens with two attached hydrogens (primary N) is 1. The minimum atomic E-state index is 0.561. The van der Waals surface area contributed by atoms with E-state index in [-0.39, 0.29) is 0 Å². The van der Waals surface area contributed by atoms with E-state index in [0.29, 0.717) is 5.92 Å². The van der Waals surface area contributed by atoms with E-state index in [4.69, 9.17) is 0 Å². The molecule has 0 spiro atoms. The first kappa shape index (κ1) is 9.61. The predicted molar refractivity (Wildman–Crippen MR) is 65.2 cm³/mol. The summed E-state index contributed by atoms with van der Waals surface area (Å²) in [5.41, 5.74) is 4.43. The van der Waals surface area contributed by atoms with Gasteiger partial charge in [-0.25, -0.2) is 0 Å². The first-order valence-electron chi connectivity index (χ1n) is 5.89. The highest BCUT2D eigenvalue weighted by Crippen LogP contribution is 2.27. The maximum Gasteiger partial charge on any atom is 0.102 e. The van der Waals surface area contributed by atoms with Crippen LogP contribution in [0.4, 0.5) is 0 Å². The molecular formula is C15H16N+. The molecule has 16 heavy (non-hydrogen) atoms. The maximum atomic E-state index is 2.40. The van der Waals surface area contributed by atoms with Gasteiger partial charge in [-0.15, -0.1) is 0 Å². The van der Waals surface area contributed by atoms with Crippen LogP contribution in [0.3, 0.4) is 0 Å². The fraction of sp³-hybridized carbons (Fsp3) is 0.200. The lowest BCUT2D eigenvalue weighted by molar-refractivity contribution is -0.675. The molecule has 1 nitrogen and oxygen atoms in total. The normalized spacial score (nSPS) is 19.1. The second kappa shape index (κ2) is 4.11. The van der Waals surface area contributed by atoms with Crippen molar-refractivity contribution in [1.82, 2.24) is 0 Å². The van der Waals surface area contributed by atoms with Gasteiger partial charge < -0.3 is 5.32 Å². The van der Waals surface area contributed by atoms with Gasteiger partial charge in [-0.05, 0) is 11.1 Å². The molecule has 1 heterocycles. The number of hydrogen-bond acceptors (Lipinski definition) is 0. The van der Waals surface area contributed by atoms with Crippen LogP contribution in [0.5, 0.6) is 0 Å². The Labute approximate surface area is 96.1 Å². The minimum absolute atomic E-state index is 0.561. The van der Waals surface area contributed by atoms with Crippen LogP contribution in [-0.2, 0) is 6.54 Å². The molecule has 0 amide bonds. The first-order chi connectivity index (χ1) is 7.95. The van der Waals surface area contributed by atoms with Gasteiger partial charge in [0.05, 0.1) is 12.5 Å². The van der Waals surface area contributed by atoms with Gasteiger partial charge in [-0.1, -0.05) is 54.6 Å². The molecule has 0 fully saturated rings. The number of benzene rings is 2. The fourth-order valence-corrected chi connectivity index (χ4v) is 2.59. The largest absolute Gasteiger partial charge is 0.342 e. The van der Waals surface area contributed by atoms with Gasteiger partial charge in [0.1, 0.15) is 6.54 Å². The Bertz CT molecular complexity index is 476. The van der Waals surface area contributed by atoms with Crippen molar-refractivity contribution in [2.45, 2.75) is 12.5 Å². The van der Waals surface area contributed by atoms with Crippen molar-refractivity contribution >= 4 is 0 Å². The SMILES string of the molecule is c1ccc(C2C[NH2+]Cc3ccccc32)cc1. The van der Waals surface area contributed by atoms with E-state index in [9.17, 15) is 0 Å². The van der Waals surface area contributed by atoms with Crippen molar-refractivity contribution in [3.63, 3.8) is 0 Å². The van der Waals surface area contributed by atoms with E-state index >= 15 is 0 Å². The smallest absolute Gasteiger partial charge is 0.102 e. The molecular weight excluding hydrogens is 194 g/mol. The summed E-state index contributed by atoms with van der Waals surface area (Å²) in [5, 5.41) is 2.40. The van der Waals surface area contributed by atoms with Crippen LogP contribution >= 0.6 is 0 Å². The van der Waals surface area contributed by atoms with E-state index in [1.165, 1.54) is 23.2 Å². The summed E-state index contributed by atoms with van der Waals surface area (Å²) in [5.74, 6) is 0.561. The number of hydrogen-bond donors (Lipinski definition) is 1. The first-order valence-corrected chi connectivity index (χ1v) is 5.89. The Hall–Kier alpha value is -1.60. The van der Waals surface area contributed by atoms with Crippen molar-refractivity contribution in [3.8, 4) is 0 Å². The fourth-order valence-electron chi connectivity index (χ4n) is 2.59. The van der Waals surface area contributed by atoms with Gasteiger partial charge in [-0.3, -0.25) is 0 Å². The third-order valence-electron chi connectivity index (χ3n) is 3.40. The molecule has 1 aliphatic rings. The maximum absolute atomic E-state index is 2.40. The highest BCUT2D eigenvalue weighted by Gasteiger charge is 2.23. The van der Waals surface area contributed by atoms with E-state index in [0.717, 1.165) is 6.54 Å². The second-order valence-electron chi connectivity index (χ2n) is 4.39. The zero-order valence-corrected chi connectivity index (χ0v) is 9.27. The lowest BCUT2D eigenvalue weighted by atomic mass is 9.86. The Morgan fingerprint density at radius 1 is 0.875 bits per heavy atom. The molecule has 0 bridgehead atoms. The van der Waals surface area contributed by atoms with Crippen molar-refractivity contribution < 1.29 is 5.32 Å². The molecule has 2 aromatic carbocycles. The lowest BCUT2D eigenvalue weighted by Gasteiger charge is -2.24. The van der Waals surface area contributed by atoms with Gasteiger partial charge in [0.15, 0.2) is 0 Å². The summed E-state index contributed by atoms with van der Waals surface area (Å²) in [6, 6.07) is 19.6. The highest BCUT2D eigenvalue weighted by atomic mass is 14.9. The Kier molecular flexibility index (Phi) is 2.47. The summed E-state index contributed by atoms with van der Waals surface area (Å²) < 4.78 is 0. The van der Waals surface area contributed by atoms with E-state index in [1.54, 1.807) is 0 Å². The molecule has 1 heteroatoms. The van der Waals surface area contributed by atoms with Crippen LogP contribution in [-0.4, -0.2) is 6.54 Å². The number of fused-ring (bicyclic) bond motifs is 1. The molecule has 2 aromatic rings. The Morgan fingerprint density at radius 2 is 1.62 bits per heavy atom. The van der Waals surface area contributed by atoms with Crippen LogP contribution in [0.15, 0.2) is 54.6 Å². The lowest BCUT2D eigenvalue weighted by Crippen LogP contribution is -2.85. The zero-order valence-electron chi connectivity index (χ0n) is 9.27. The molecule has 0 saturated carbocycles. The quantitative estimate of drug-likeness (QED) is 0.740. The van der Waals surface area contributed by atoms with Crippen LogP contribution < -0.4 is 5.32 Å². The second-order valence-corrected chi connectivity index (χ2v) is 4.39. The van der Waals surface area contributed by atoms with Crippen LogP contribution in [0.2, 0.25) is 0 Å². The third kappa shape index (κ3) is 1.63. The monoisotopic (exact) mass is 210 g/mol. The van der Waals surface area contributed by atoms with Crippen LogP contribution in [0, 0.1) is 0 Å². The van der Waals surface area contributed by atoms with E-state index in [2.05, 4.69) is 59.9 Å². The summed E-state index contributed by atoms with van der Waals surface area (Å²) >= 11 is 0. The molecule has 0 radical (unpaired) electrons. The highest BCUT2D eigenvalue weighted by molar-refractivity contribution is 5.38.